The topological polar surface area (TPSA) is 90.3 Å². The zero-order valence-electron chi connectivity index (χ0n) is 18.4. The van der Waals surface area contributed by atoms with Gasteiger partial charge < -0.3 is 20.2 Å². The van der Waals surface area contributed by atoms with Crippen molar-refractivity contribution in [2.24, 2.45) is 0 Å². The first-order valence-corrected chi connectivity index (χ1v) is 11.6. The van der Waals surface area contributed by atoms with Crippen LogP contribution < -0.4 is 20.2 Å². The molecular weight excluding hydrogens is 450 g/mol. The van der Waals surface area contributed by atoms with Crippen molar-refractivity contribution in [2.45, 2.75) is 23.1 Å². The Balaban J connectivity index is 1.42. The molecule has 1 aliphatic heterocycles. The van der Waals surface area contributed by atoms with E-state index in [1.165, 1.54) is 11.8 Å². The van der Waals surface area contributed by atoms with Crippen LogP contribution in [0.2, 0.25) is 0 Å². The standard InChI is InChI=1S/C25H23N5O3S/c1-32-19-14-12-17(13-15-19)22-23(24(31)26-18-8-4-2-5-9-18)34-25-28-27-21(30(25)29-22)16-33-20-10-6-3-7-11-20/h2-15,22-23,29H,16H2,1H3,(H,26,31)/t22-,23-/m1/s1. The third-order valence-corrected chi connectivity index (χ3v) is 6.60. The molecule has 2 heterocycles. The number of aromatic nitrogens is 3. The molecule has 0 saturated carbocycles. The normalized spacial score (nSPS) is 16.7. The molecule has 1 aromatic heterocycles. The second-order valence-electron chi connectivity index (χ2n) is 7.61. The van der Waals surface area contributed by atoms with E-state index in [4.69, 9.17) is 9.47 Å². The van der Waals surface area contributed by atoms with Gasteiger partial charge in [0.1, 0.15) is 23.4 Å². The summed E-state index contributed by atoms with van der Waals surface area (Å²) in [6.07, 6.45) is 0. The van der Waals surface area contributed by atoms with Gasteiger partial charge in [-0.3, -0.25) is 4.79 Å². The molecule has 34 heavy (non-hydrogen) atoms. The summed E-state index contributed by atoms with van der Waals surface area (Å²) in [4.78, 5) is 13.3. The molecule has 5 rings (SSSR count). The van der Waals surface area contributed by atoms with E-state index in [9.17, 15) is 4.79 Å². The van der Waals surface area contributed by atoms with Crippen LogP contribution in [0.1, 0.15) is 17.4 Å². The lowest BCUT2D eigenvalue weighted by atomic mass is 10.0. The van der Waals surface area contributed by atoms with Gasteiger partial charge in [0, 0.05) is 5.69 Å². The van der Waals surface area contributed by atoms with Crippen LogP contribution in [0.5, 0.6) is 11.5 Å². The van der Waals surface area contributed by atoms with E-state index < -0.39 is 5.25 Å². The van der Waals surface area contributed by atoms with Crippen molar-refractivity contribution in [3.8, 4) is 11.5 Å². The lowest BCUT2D eigenvalue weighted by Crippen LogP contribution is -2.41. The van der Waals surface area contributed by atoms with Crippen molar-refractivity contribution < 1.29 is 14.3 Å². The fourth-order valence-corrected chi connectivity index (χ4v) is 4.75. The van der Waals surface area contributed by atoms with E-state index in [1.807, 2.05) is 84.9 Å². The van der Waals surface area contributed by atoms with Gasteiger partial charge in [0.15, 0.2) is 5.82 Å². The van der Waals surface area contributed by atoms with Gasteiger partial charge in [-0.05, 0) is 42.0 Å². The van der Waals surface area contributed by atoms with Gasteiger partial charge in [0.05, 0.1) is 13.2 Å². The predicted molar refractivity (Wildman–Crippen MR) is 131 cm³/mol. The molecule has 0 fully saturated rings. The highest BCUT2D eigenvalue weighted by Gasteiger charge is 2.38. The number of methoxy groups -OCH3 is 1. The highest BCUT2D eigenvalue weighted by atomic mass is 32.2. The van der Waals surface area contributed by atoms with E-state index in [1.54, 1.807) is 11.8 Å². The maximum absolute atomic E-state index is 13.3. The average Bonchev–Trinajstić information content (AvgIpc) is 3.30. The van der Waals surface area contributed by atoms with Gasteiger partial charge in [-0.1, -0.05) is 60.3 Å². The first kappa shape index (κ1) is 21.8. The predicted octanol–water partition coefficient (Wildman–Crippen LogP) is 4.26. The number of thioether (sulfide) groups is 1. The summed E-state index contributed by atoms with van der Waals surface area (Å²) < 4.78 is 13.0. The molecule has 9 heteroatoms. The number of nitrogens with one attached hydrogen (secondary N) is 2. The minimum atomic E-state index is -0.479. The lowest BCUT2D eigenvalue weighted by molar-refractivity contribution is -0.116. The molecule has 4 aromatic rings. The zero-order chi connectivity index (χ0) is 23.3. The van der Waals surface area contributed by atoms with Crippen LogP contribution in [0, 0.1) is 0 Å². The molecule has 8 nitrogen and oxygen atoms in total. The Labute approximate surface area is 201 Å². The van der Waals surface area contributed by atoms with Crippen molar-refractivity contribution >= 4 is 23.4 Å². The van der Waals surface area contributed by atoms with Gasteiger partial charge in [-0.25, -0.2) is 4.68 Å². The fourth-order valence-electron chi connectivity index (χ4n) is 3.65. The quantitative estimate of drug-likeness (QED) is 0.414. The molecule has 1 aliphatic rings. The number of nitrogens with zero attached hydrogens (tertiary/aromatic N) is 3. The smallest absolute Gasteiger partial charge is 0.240 e. The minimum absolute atomic E-state index is 0.124. The molecule has 0 aliphatic carbocycles. The van der Waals surface area contributed by atoms with Crippen molar-refractivity contribution in [2.75, 3.05) is 17.9 Å². The SMILES string of the molecule is COc1ccc([C@H]2Nn3c(COc4ccccc4)nnc3S[C@H]2C(=O)Nc2ccccc2)cc1. The maximum Gasteiger partial charge on any atom is 0.240 e. The molecule has 1 amide bonds. The highest BCUT2D eigenvalue weighted by molar-refractivity contribution is 8.00. The summed E-state index contributed by atoms with van der Waals surface area (Å²) in [6, 6.07) is 26.3. The molecule has 172 valence electrons. The molecule has 0 bridgehead atoms. The van der Waals surface area contributed by atoms with Crippen molar-refractivity contribution in [3.63, 3.8) is 0 Å². The summed E-state index contributed by atoms with van der Waals surface area (Å²) in [6.45, 7) is 0.237. The highest BCUT2D eigenvalue weighted by Crippen LogP contribution is 2.38. The third kappa shape index (κ3) is 4.69. The number of anilines is 1. The summed E-state index contributed by atoms with van der Waals surface area (Å²) >= 11 is 1.37. The second kappa shape index (κ2) is 9.88. The first-order chi connectivity index (χ1) is 16.7. The first-order valence-electron chi connectivity index (χ1n) is 10.8. The van der Waals surface area contributed by atoms with Crippen LogP contribution in [0.25, 0.3) is 0 Å². The lowest BCUT2D eigenvalue weighted by Gasteiger charge is -2.33. The zero-order valence-corrected chi connectivity index (χ0v) is 19.2. The number of rotatable bonds is 7. The molecule has 0 spiro atoms. The molecule has 3 aromatic carbocycles. The van der Waals surface area contributed by atoms with Gasteiger partial charge in [0.25, 0.3) is 0 Å². The van der Waals surface area contributed by atoms with Gasteiger partial charge in [-0.2, -0.15) is 0 Å². The van der Waals surface area contributed by atoms with Crippen LogP contribution in [0.4, 0.5) is 5.69 Å². The number of benzene rings is 3. The van der Waals surface area contributed by atoms with Gasteiger partial charge >= 0.3 is 0 Å². The van der Waals surface area contributed by atoms with E-state index in [2.05, 4.69) is 20.9 Å². The maximum atomic E-state index is 13.3. The van der Waals surface area contributed by atoms with Crippen LogP contribution in [0.3, 0.4) is 0 Å². The largest absolute Gasteiger partial charge is 0.497 e. The number of carbonyl (C=O) groups excluding carboxylic acids is 1. The monoisotopic (exact) mass is 473 g/mol. The van der Waals surface area contributed by atoms with Crippen LogP contribution in [-0.2, 0) is 11.4 Å². The number of fused-ring (bicyclic) bond motifs is 1. The van der Waals surface area contributed by atoms with Gasteiger partial charge in [-0.15, -0.1) is 10.2 Å². The van der Waals surface area contributed by atoms with E-state index in [-0.39, 0.29) is 18.6 Å². The molecule has 2 atom stereocenters. The Morgan fingerprint density at radius 3 is 2.38 bits per heavy atom. The minimum Gasteiger partial charge on any atom is -0.497 e. The summed E-state index contributed by atoms with van der Waals surface area (Å²) in [7, 11) is 1.63. The van der Waals surface area contributed by atoms with Crippen molar-refractivity contribution in [1.29, 1.82) is 0 Å². The number of hydrogen-bond donors (Lipinski definition) is 2. The van der Waals surface area contributed by atoms with Gasteiger partial charge in [0.2, 0.25) is 11.1 Å². The number of ether oxygens (including phenoxy) is 2. The third-order valence-electron chi connectivity index (χ3n) is 5.39. The molecular formula is C25H23N5O3S. The van der Waals surface area contributed by atoms with Crippen LogP contribution >= 0.6 is 11.8 Å². The van der Waals surface area contributed by atoms with E-state index in [0.29, 0.717) is 11.0 Å². The van der Waals surface area contributed by atoms with E-state index >= 15 is 0 Å². The Kier molecular flexibility index (Phi) is 6.35. The molecule has 0 saturated heterocycles. The molecule has 0 unspecified atom stereocenters. The second-order valence-corrected chi connectivity index (χ2v) is 8.72. The van der Waals surface area contributed by atoms with Crippen LogP contribution in [0.15, 0.2) is 90.1 Å². The average molecular weight is 474 g/mol. The number of para-hydroxylation sites is 2. The van der Waals surface area contributed by atoms with E-state index in [0.717, 1.165) is 22.7 Å². The Bertz CT molecular complexity index is 1250. The van der Waals surface area contributed by atoms with Crippen molar-refractivity contribution in [3.05, 3.63) is 96.3 Å². The summed E-state index contributed by atoms with van der Waals surface area (Å²) in [5.41, 5.74) is 5.12. The van der Waals surface area contributed by atoms with Crippen molar-refractivity contribution in [1.82, 2.24) is 14.9 Å². The fraction of sp³-hybridized carbons (Fsp3) is 0.160. The Morgan fingerprint density at radius 1 is 0.971 bits per heavy atom. The van der Waals surface area contributed by atoms with Crippen LogP contribution in [-0.4, -0.2) is 33.1 Å². The Hall–Kier alpha value is -3.98. The molecule has 0 radical (unpaired) electrons. The Morgan fingerprint density at radius 2 is 1.68 bits per heavy atom. The number of carbonyl (C=O) groups is 1. The number of hydrogen-bond acceptors (Lipinski definition) is 7. The molecule has 2 N–H and O–H groups in total. The summed E-state index contributed by atoms with van der Waals surface area (Å²) in [5, 5.41) is 11.7. The summed E-state index contributed by atoms with van der Waals surface area (Å²) in [5.74, 6) is 1.99. The number of amides is 1.